The Hall–Kier alpha value is -1.93. The van der Waals surface area contributed by atoms with Crippen LogP contribution in [0.2, 0.25) is 0 Å². The van der Waals surface area contributed by atoms with Crippen molar-refractivity contribution in [2.75, 3.05) is 19.0 Å². The molecule has 0 saturated carbocycles. The summed E-state index contributed by atoms with van der Waals surface area (Å²) in [5, 5.41) is 12.2. The van der Waals surface area contributed by atoms with Crippen molar-refractivity contribution in [3.05, 3.63) is 29.8 Å². The molecule has 0 unspecified atom stereocenters. The van der Waals surface area contributed by atoms with Gasteiger partial charge in [0.15, 0.2) is 4.99 Å². The number of hydrogen-bond acceptors (Lipinski definition) is 4. The van der Waals surface area contributed by atoms with Crippen LogP contribution in [0.5, 0.6) is 0 Å². The van der Waals surface area contributed by atoms with Gasteiger partial charge in [-0.05, 0) is 29.9 Å². The van der Waals surface area contributed by atoms with E-state index < -0.39 is 0 Å². The van der Waals surface area contributed by atoms with Crippen LogP contribution in [0.3, 0.4) is 0 Å². The molecule has 1 aromatic rings. The number of hydrazone groups is 1. The first-order valence-corrected chi connectivity index (χ1v) is 5.05. The van der Waals surface area contributed by atoms with E-state index in [1.165, 1.54) is 0 Å². The summed E-state index contributed by atoms with van der Waals surface area (Å²) in [5.74, 6) is 0. The SMILES string of the molecule is CN(C)c1ccc(C=NNC(=S)C#N)cc1. The van der Waals surface area contributed by atoms with Crippen LogP contribution in [0, 0.1) is 11.3 Å². The molecule has 0 aliphatic heterocycles. The van der Waals surface area contributed by atoms with Crippen molar-refractivity contribution in [2.45, 2.75) is 0 Å². The first-order valence-electron chi connectivity index (χ1n) is 4.64. The van der Waals surface area contributed by atoms with Crippen molar-refractivity contribution in [1.29, 1.82) is 5.26 Å². The lowest BCUT2D eigenvalue weighted by Crippen LogP contribution is -2.12. The average Bonchev–Trinajstić information content (AvgIpc) is 2.29. The molecular formula is C11H12N4S. The summed E-state index contributed by atoms with van der Waals surface area (Å²) < 4.78 is 0. The van der Waals surface area contributed by atoms with Crippen molar-refractivity contribution >= 4 is 29.1 Å². The molecule has 4 nitrogen and oxygen atoms in total. The van der Waals surface area contributed by atoms with Crippen LogP contribution < -0.4 is 10.3 Å². The fourth-order valence-corrected chi connectivity index (χ4v) is 1.10. The molecule has 82 valence electrons. The molecule has 1 aromatic carbocycles. The second-order valence-corrected chi connectivity index (χ2v) is 3.71. The third-order valence-corrected chi connectivity index (χ3v) is 2.07. The van der Waals surface area contributed by atoms with Crippen molar-refractivity contribution in [3.63, 3.8) is 0 Å². The van der Waals surface area contributed by atoms with Crippen molar-refractivity contribution in [1.82, 2.24) is 5.43 Å². The lowest BCUT2D eigenvalue weighted by molar-refractivity contribution is 1.06. The largest absolute Gasteiger partial charge is 0.378 e. The summed E-state index contributed by atoms with van der Waals surface area (Å²) in [6, 6.07) is 9.64. The first-order chi connectivity index (χ1) is 7.63. The van der Waals surface area contributed by atoms with E-state index in [1.54, 1.807) is 12.3 Å². The van der Waals surface area contributed by atoms with Gasteiger partial charge in [0.25, 0.3) is 0 Å². The van der Waals surface area contributed by atoms with E-state index in [-0.39, 0.29) is 4.99 Å². The topological polar surface area (TPSA) is 51.4 Å². The van der Waals surface area contributed by atoms with Crippen molar-refractivity contribution in [2.24, 2.45) is 5.10 Å². The standard InChI is InChI=1S/C11H12N4S/c1-15(2)10-5-3-9(4-6-10)8-13-14-11(16)7-12/h3-6,8H,1-2H3,(H,14,16). The average molecular weight is 232 g/mol. The summed E-state index contributed by atoms with van der Waals surface area (Å²) in [7, 11) is 3.96. The number of thiocarbonyl (C=S) groups is 1. The molecule has 0 aromatic heterocycles. The van der Waals surface area contributed by atoms with E-state index in [0.29, 0.717) is 0 Å². The number of hydrogen-bond donors (Lipinski definition) is 1. The molecule has 0 heterocycles. The molecule has 0 aliphatic carbocycles. The molecule has 0 amide bonds. The fourth-order valence-electron chi connectivity index (χ4n) is 1.05. The van der Waals surface area contributed by atoms with Gasteiger partial charge in [-0.1, -0.05) is 12.1 Å². The predicted octanol–water partition coefficient (Wildman–Crippen LogP) is 1.53. The zero-order valence-electron chi connectivity index (χ0n) is 9.14. The highest BCUT2D eigenvalue weighted by Gasteiger charge is 1.94. The Labute approximate surface area is 100 Å². The van der Waals surface area contributed by atoms with Gasteiger partial charge in [-0.15, -0.1) is 0 Å². The number of nitrogens with one attached hydrogen (secondary N) is 1. The van der Waals surface area contributed by atoms with Gasteiger partial charge in [-0.3, -0.25) is 5.43 Å². The van der Waals surface area contributed by atoms with Crippen LogP contribution in [-0.2, 0) is 0 Å². The maximum atomic E-state index is 8.40. The number of rotatable bonds is 3. The molecule has 0 radical (unpaired) electrons. The third kappa shape index (κ3) is 3.67. The zero-order chi connectivity index (χ0) is 12.0. The van der Waals surface area contributed by atoms with Gasteiger partial charge in [-0.25, -0.2) is 0 Å². The van der Waals surface area contributed by atoms with Crippen LogP contribution in [0.15, 0.2) is 29.4 Å². The smallest absolute Gasteiger partial charge is 0.198 e. The highest BCUT2D eigenvalue weighted by Crippen LogP contribution is 2.10. The van der Waals surface area contributed by atoms with Crippen molar-refractivity contribution < 1.29 is 0 Å². The Morgan fingerprint density at radius 1 is 1.44 bits per heavy atom. The van der Waals surface area contributed by atoms with Crippen LogP contribution >= 0.6 is 12.2 Å². The molecule has 0 fully saturated rings. The first kappa shape index (κ1) is 12.1. The van der Waals surface area contributed by atoms with Crippen LogP contribution in [0.1, 0.15) is 5.56 Å². The van der Waals surface area contributed by atoms with Gasteiger partial charge >= 0.3 is 0 Å². The minimum atomic E-state index is 0.0566. The molecule has 1 N–H and O–H groups in total. The van der Waals surface area contributed by atoms with Gasteiger partial charge in [0.05, 0.1) is 6.21 Å². The van der Waals surface area contributed by atoms with E-state index >= 15 is 0 Å². The molecular weight excluding hydrogens is 220 g/mol. The minimum absolute atomic E-state index is 0.0566. The second kappa shape index (κ2) is 5.83. The Balaban J connectivity index is 2.62. The normalized spacial score (nSPS) is 9.81. The molecule has 5 heteroatoms. The maximum Gasteiger partial charge on any atom is 0.198 e. The second-order valence-electron chi connectivity index (χ2n) is 3.30. The maximum absolute atomic E-state index is 8.40. The highest BCUT2D eigenvalue weighted by atomic mass is 32.1. The van der Waals surface area contributed by atoms with E-state index in [1.807, 2.05) is 43.3 Å². The van der Waals surface area contributed by atoms with E-state index in [4.69, 9.17) is 5.26 Å². The Bertz CT molecular complexity index is 428. The lowest BCUT2D eigenvalue weighted by atomic mass is 10.2. The predicted molar refractivity (Wildman–Crippen MR) is 69.7 cm³/mol. The van der Waals surface area contributed by atoms with E-state index in [9.17, 15) is 0 Å². The third-order valence-electron chi connectivity index (χ3n) is 1.89. The molecule has 0 bridgehead atoms. The Kier molecular flexibility index (Phi) is 4.42. The Morgan fingerprint density at radius 3 is 2.56 bits per heavy atom. The molecule has 0 aliphatic rings. The van der Waals surface area contributed by atoms with E-state index in [0.717, 1.165) is 11.3 Å². The van der Waals surface area contributed by atoms with Gasteiger partial charge in [0.2, 0.25) is 0 Å². The van der Waals surface area contributed by atoms with Crippen LogP contribution in [-0.4, -0.2) is 25.3 Å². The van der Waals surface area contributed by atoms with Crippen LogP contribution in [0.25, 0.3) is 0 Å². The Morgan fingerprint density at radius 2 is 2.06 bits per heavy atom. The minimum Gasteiger partial charge on any atom is -0.378 e. The number of nitrogens with zero attached hydrogens (tertiary/aromatic N) is 3. The van der Waals surface area contributed by atoms with E-state index in [2.05, 4.69) is 22.7 Å². The summed E-state index contributed by atoms with van der Waals surface area (Å²) in [5.41, 5.74) is 4.51. The highest BCUT2D eigenvalue weighted by molar-refractivity contribution is 7.80. The van der Waals surface area contributed by atoms with Gasteiger partial charge in [0, 0.05) is 19.8 Å². The van der Waals surface area contributed by atoms with Gasteiger partial charge in [0.1, 0.15) is 6.07 Å². The summed E-state index contributed by atoms with van der Waals surface area (Å²) >= 11 is 4.63. The molecule has 1 rings (SSSR count). The summed E-state index contributed by atoms with van der Waals surface area (Å²) in [4.78, 5) is 2.07. The lowest BCUT2D eigenvalue weighted by Gasteiger charge is -2.11. The quantitative estimate of drug-likeness (QED) is 0.488. The van der Waals surface area contributed by atoms with Gasteiger partial charge < -0.3 is 4.90 Å². The fraction of sp³-hybridized carbons (Fsp3) is 0.182. The molecule has 0 spiro atoms. The number of benzene rings is 1. The van der Waals surface area contributed by atoms with Crippen molar-refractivity contribution in [3.8, 4) is 6.07 Å². The number of nitriles is 1. The van der Waals surface area contributed by atoms with Crippen LogP contribution in [0.4, 0.5) is 5.69 Å². The van der Waals surface area contributed by atoms with Gasteiger partial charge in [-0.2, -0.15) is 10.4 Å². The molecule has 0 saturated heterocycles. The monoisotopic (exact) mass is 232 g/mol. The summed E-state index contributed by atoms with van der Waals surface area (Å²) in [6.45, 7) is 0. The number of anilines is 1. The molecule has 16 heavy (non-hydrogen) atoms. The molecule has 0 atom stereocenters. The zero-order valence-corrected chi connectivity index (χ0v) is 9.95. The summed E-state index contributed by atoms with van der Waals surface area (Å²) in [6.07, 6.45) is 1.61.